The van der Waals surface area contributed by atoms with Gasteiger partial charge in [-0.1, -0.05) is 13.8 Å². The molecule has 0 amide bonds. The van der Waals surface area contributed by atoms with Gasteiger partial charge in [-0.25, -0.2) is 0 Å². The summed E-state index contributed by atoms with van der Waals surface area (Å²) in [5, 5.41) is 4.25. The second kappa shape index (κ2) is 2.90. The zero-order valence-corrected chi connectivity index (χ0v) is 7.53. The van der Waals surface area contributed by atoms with E-state index in [1.54, 1.807) is 0 Å². The Morgan fingerprint density at radius 3 is 3.08 bits per heavy atom. The molecule has 1 atom stereocenters. The van der Waals surface area contributed by atoms with E-state index >= 15 is 0 Å². The second-order valence-electron chi connectivity index (χ2n) is 3.65. The van der Waals surface area contributed by atoms with Crippen molar-refractivity contribution in [3.05, 3.63) is 18.0 Å². The summed E-state index contributed by atoms with van der Waals surface area (Å²) in [5.41, 5.74) is 1.23. The van der Waals surface area contributed by atoms with Gasteiger partial charge in [-0.15, -0.1) is 0 Å². The van der Waals surface area contributed by atoms with Crippen molar-refractivity contribution in [3.8, 4) is 0 Å². The third kappa shape index (κ3) is 1.50. The Labute approximate surface area is 72.3 Å². The van der Waals surface area contributed by atoms with Crippen LogP contribution in [-0.4, -0.2) is 16.4 Å². The molecule has 0 aliphatic carbocycles. The van der Waals surface area contributed by atoms with E-state index in [0.717, 1.165) is 13.2 Å². The maximum atomic E-state index is 5.21. The van der Waals surface area contributed by atoms with Gasteiger partial charge < -0.3 is 4.74 Å². The summed E-state index contributed by atoms with van der Waals surface area (Å²) in [4.78, 5) is 0. The topological polar surface area (TPSA) is 30.4 Å². The second-order valence-corrected chi connectivity index (χ2v) is 3.65. The highest BCUT2D eigenvalue weighted by molar-refractivity contribution is 5.08. The summed E-state index contributed by atoms with van der Waals surface area (Å²) < 4.78 is 7.26. The molecule has 3 nitrogen and oxygen atoms in total. The zero-order valence-electron chi connectivity index (χ0n) is 7.53. The minimum atomic E-state index is 0.325. The molecule has 1 unspecified atom stereocenters. The smallest absolute Gasteiger partial charge is 0.123 e. The van der Waals surface area contributed by atoms with Gasteiger partial charge in [0, 0.05) is 12.7 Å². The van der Waals surface area contributed by atoms with Crippen molar-refractivity contribution in [1.29, 1.82) is 0 Å². The molecule has 2 heterocycles. The highest BCUT2D eigenvalue weighted by Crippen LogP contribution is 2.29. The van der Waals surface area contributed by atoms with Crippen LogP contribution in [0, 0.1) is 5.92 Å². The first-order valence-corrected chi connectivity index (χ1v) is 4.40. The summed E-state index contributed by atoms with van der Waals surface area (Å²) in [6, 6.07) is 2.04. The lowest BCUT2D eigenvalue weighted by Crippen LogP contribution is -2.09. The van der Waals surface area contributed by atoms with Crippen LogP contribution >= 0.6 is 0 Å². The molecule has 0 bridgehead atoms. The molecule has 66 valence electrons. The van der Waals surface area contributed by atoms with Crippen molar-refractivity contribution >= 4 is 0 Å². The molecule has 1 aliphatic heterocycles. The van der Waals surface area contributed by atoms with Crippen LogP contribution < -0.4 is 0 Å². The van der Waals surface area contributed by atoms with Gasteiger partial charge in [0.1, 0.15) is 6.10 Å². The Morgan fingerprint density at radius 1 is 1.75 bits per heavy atom. The highest BCUT2D eigenvalue weighted by atomic mass is 16.6. The molecule has 0 saturated carbocycles. The van der Waals surface area contributed by atoms with Crippen LogP contribution in [0.2, 0.25) is 0 Å². The van der Waals surface area contributed by atoms with Crippen LogP contribution in [0.25, 0.3) is 0 Å². The van der Waals surface area contributed by atoms with E-state index in [4.69, 9.17) is 4.74 Å². The quantitative estimate of drug-likeness (QED) is 0.638. The van der Waals surface area contributed by atoms with Crippen molar-refractivity contribution < 1.29 is 4.74 Å². The summed E-state index contributed by atoms with van der Waals surface area (Å²) in [6.45, 7) is 6.24. The fourth-order valence-corrected chi connectivity index (χ4v) is 1.33. The van der Waals surface area contributed by atoms with Gasteiger partial charge >= 0.3 is 0 Å². The highest BCUT2D eigenvalue weighted by Gasteiger charge is 2.28. The average molecular weight is 166 g/mol. The molecule has 0 N–H and O–H groups in total. The van der Waals surface area contributed by atoms with E-state index in [-0.39, 0.29) is 0 Å². The third-order valence-corrected chi connectivity index (χ3v) is 1.95. The largest absolute Gasteiger partial charge is 0.366 e. The third-order valence-electron chi connectivity index (χ3n) is 1.95. The molecule has 1 saturated heterocycles. The molecular formula is C9H14N2O. The lowest BCUT2D eigenvalue weighted by Gasteiger charge is -2.07. The van der Waals surface area contributed by atoms with Crippen LogP contribution in [0.15, 0.2) is 12.3 Å². The normalized spacial score (nSPS) is 21.8. The number of aromatic nitrogens is 2. The van der Waals surface area contributed by atoms with Crippen LogP contribution in [0.5, 0.6) is 0 Å². The van der Waals surface area contributed by atoms with E-state index in [9.17, 15) is 0 Å². The first kappa shape index (κ1) is 7.80. The lowest BCUT2D eigenvalue weighted by molar-refractivity contribution is 0.387. The fraction of sp³-hybridized carbons (Fsp3) is 0.667. The van der Waals surface area contributed by atoms with Gasteiger partial charge in [0.2, 0.25) is 0 Å². The van der Waals surface area contributed by atoms with E-state index in [1.807, 2.05) is 16.9 Å². The molecule has 2 rings (SSSR count). The van der Waals surface area contributed by atoms with Gasteiger partial charge in [-0.05, 0) is 12.0 Å². The minimum Gasteiger partial charge on any atom is -0.366 e. The first-order valence-electron chi connectivity index (χ1n) is 4.40. The Hall–Kier alpha value is -0.830. The summed E-state index contributed by atoms with van der Waals surface area (Å²) in [6.07, 6.45) is 2.17. The Kier molecular flexibility index (Phi) is 1.89. The minimum absolute atomic E-state index is 0.325. The summed E-state index contributed by atoms with van der Waals surface area (Å²) >= 11 is 0. The maximum absolute atomic E-state index is 5.21. The van der Waals surface area contributed by atoms with Crippen molar-refractivity contribution in [2.45, 2.75) is 26.5 Å². The number of rotatable bonds is 3. The van der Waals surface area contributed by atoms with Crippen LogP contribution in [-0.2, 0) is 11.3 Å². The molecule has 0 radical (unpaired) electrons. The fourth-order valence-electron chi connectivity index (χ4n) is 1.33. The van der Waals surface area contributed by atoms with Crippen molar-refractivity contribution in [1.82, 2.24) is 9.78 Å². The Balaban J connectivity index is 2.13. The lowest BCUT2D eigenvalue weighted by atomic mass is 10.2. The zero-order chi connectivity index (χ0) is 8.55. The van der Waals surface area contributed by atoms with Gasteiger partial charge in [0.15, 0.2) is 0 Å². The molecule has 1 aromatic heterocycles. The molecule has 1 aromatic rings. The van der Waals surface area contributed by atoms with E-state index in [0.29, 0.717) is 12.0 Å². The predicted molar refractivity (Wildman–Crippen MR) is 45.8 cm³/mol. The SMILES string of the molecule is CC(C)Cn1nccc1C1CO1. The summed E-state index contributed by atoms with van der Waals surface area (Å²) in [7, 11) is 0. The number of epoxide rings is 1. The van der Waals surface area contributed by atoms with Crippen molar-refractivity contribution in [2.75, 3.05) is 6.61 Å². The van der Waals surface area contributed by atoms with Crippen LogP contribution in [0.3, 0.4) is 0 Å². The van der Waals surface area contributed by atoms with Gasteiger partial charge in [-0.2, -0.15) is 5.10 Å². The predicted octanol–water partition coefficient (Wildman–Crippen LogP) is 1.61. The molecule has 0 aromatic carbocycles. The van der Waals surface area contributed by atoms with Gasteiger partial charge in [0.05, 0.1) is 12.3 Å². The molecule has 1 fully saturated rings. The van der Waals surface area contributed by atoms with Crippen LogP contribution in [0.1, 0.15) is 25.6 Å². The van der Waals surface area contributed by atoms with Crippen molar-refractivity contribution in [2.24, 2.45) is 5.92 Å². The molecule has 1 aliphatic rings. The van der Waals surface area contributed by atoms with Gasteiger partial charge in [-0.3, -0.25) is 4.68 Å². The Bertz CT molecular complexity index is 263. The summed E-state index contributed by atoms with van der Waals surface area (Å²) in [5.74, 6) is 0.641. The number of nitrogens with zero attached hydrogens (tertiary/aromatic N) is 2. The number of hydrogen-bond acceptors (Lipinski definition) is 2. The monoisotopic (exact) mass is 166 g/mol. The molecule has 12 heavy (non-hydrogen) atoms. The maximum Gasteiger partial charge on any atom is 0.123 e. The first-order chi connectivity index (χ1) is 5.77. The molecular weight excluding hydrogens is 152 g/mol. The number of ether oxygens (including phenoxy) is 1. The van der Waals surface area contributed by atoms with E-state index < -0.39 is 0 Å². The van der Waals surface area contributed by atoms with Crippen molar-refractivity contribution in [3.63, 3.8) is 0 Å². The Morgan fingerprint density at radius 2 is 2.50 bits per heavy atom. The standard InChI is InChI=1S/C9H14N2O/c1-7(2)5-11-8(3-4-10-11)9-6-12-9/h3-4,7,9H,5-6H2,1-2H3. The van der Waals surface area contributed by atoms with E-state index in [1.165, 1.54) is 5.69 Å². The molecule has 3 heteroatoms. The average Bonchev–Trinajstić information content (AvgIpc) is 2.73. The number of hydrogen-bond donors (Lipinski definition) is 0. The van der Waals surface area contributed by atoms with Crippen LogP contribution in [0.4, 0.5) is 0 Å². The molecule has 0 spiro atoms. The van der Waals surface area contributed by atoms with E-state index in [2.05, 4.69) is 18.9 Å². The van der Waals surface area contributed by atoms with Gasteiger partial charge in [0.25, 0.3) is 0 Å².